The number of hydrogen-bond donors (Lipinski definition) is 1. The average molecular weight is 411 g/mol. The molecule has 3 heterocycles. The molecule has 2 aliphatic heterocycles. The standard InChI is InChI=1S/C20H15BrN2O3/c21-15-8-7-12(24)10-14(15)20-23-17(13-4-1-2-5-18(13)26-20)11-16(22-23)19-6-3-9-25-19/h1-10,17,20,24H,11H2/t17-,20-/m1/s1. The zero-order chi connectivity index (χ0) is 17.7. The van der Waals surface area contributed by atoms with Gasteiger partial charge in [-0.15, -0.1) is 0 Å². The van der Waals surface area contributed by atoms with Crippen molar-refractivity contribution in [1.29, 1.82) is 0 Å². The Morgan fingerprint density at radius 3 is 2.81 bits per heavy atom. The molecule has 0 unspecified atom stereocenters. The molecular formula is C20H15BrN2O3. The molecule has 0 amide bonds. The van der Waals surface area contributed by atoms with E-state index in [1.165, 1.54) is 0 Å². The molecule has 0 fully saturated rings. The van der Waals surface area contributed by atoms with Crippen LogP contribution in [0.25, 0.3) is 0 Å². The number of phenols is 1. The van der Waals surface area contributed by atoms with Crippen LogP contribution < -0.4 is 4.74 Å². The molecule has 0 saturated carbocycles. The van der Waals surface area contributed by atoms with E-state index in [4.69, 9.17) is 14.3 Å². The Morgan fingerprint density at radius 1 is 1.08 bits per heavy atom. The molecule has 3 aromatic rings. The summed E-state index contributed by atoms with van der Waals surface area (Å²) in [7, 11) is 0. The molecule has 5 nitrogen and oxygen atoms in total. The summed E-state index contributed by atoms with van der Waals surface area (Å²) >= 11 is 3.57. The van der Waals surface area contributed by atoms with Crippen LogP contribution in [0.4, 0.5) is 0 Å². The Morgan fingerprint density at radius 2 is 1.96 bits per heavy atom. The Balaban J connectivity index is 1.64. The number of para-hydroxylation sites is 1. The van der Waals surface area contributed by atoms with Gasteiger partial charge in [0.2, 0.25) is 6.23 Å². The number of benzene rings is 2. The van der Waals surface area contributed by atoms with Gasteiger partial charge in [-0.25, -0.2) is 5.01 Å². The fraction of sp³-hybridized carbons (Fsp3) is 0.150. The summed E-state index contributed by atoms with van der Waals surface area (Å²) in [5.74, 6) is 1.80. The lowest BCUT2D eigenvalue weighted by molar-refractivity contribution is -0.0196. The Bertz CT molecular complexity index is 1000. The van der Waals surface area contributed by atoms with E-state index in [1.54, 1.807) is 18.4 Å². The molecule has 0 aliphatic carbocycles. The van der Waals surface area contributed by atoms with Crippen LogP contribution in [0.3, 0.4) is 0 Å². The summed E-state index contributed by atoms with van der Waals surface area (Å²) in [6, 6.07) is 17.0. The maximum absolute atomic E-state index is 9.96. The first-order chi connectivity index (χ1) is 12.7. The number of phenolic OH excluding ortho intramolecular Hbond substituents is 1. The molecule has 0 bridgehead atoms. The maximum atomic E-state index is 9.96. The lowest BCUT2D eigenvalue weighted by Crippen LogP contribution is -2.33. The van der Waals surface area contributed by atoms with Crippen molar-refractivity contribution in [2.24, 2.45) is 5.10 Å². The zero-order valence-corrected chi connectivity index (χ0v) is 15.3. The van der Waals surface area contributed by atoms with Crippen molar-refractivity contribution in [3.05, 3.63) is 82.2 Å². The van der Waals surface area contributed by atoms with E-state index in [0.717, 1.165) is 39.2 Å². The van der Waals surface area contributed by atoms with Crippen LogP contribution in [0.1, 0.15) is 35.6 Å². The first kappa shape index (κ1) is 15.5. The number of furan rings is 1. The molecule has 0 saturated heterocycles. The lowest BCUT2D eigenvalue weighted by atomic mass is 9.97. The molecule has 2 aromatic carbocycles. The van der Waals surface area contributed by atoms with Crippen LogP contribution >= 0.6 is 15.9 Å². The Hall–Kier alpha value is -2.73. The van der Waals surface area contributed by atoms with Crippen LogP contribution in [0.2, 0.25) is 0 Å². The van der Waals surface area contributed by atoms with Gasteiger partial charge in [0.15, 0.2) is 0 Å². The molecule has 130 valence electrons. The highest BCUT2D eigenvalue weighted by molar-refractivity contribution is 9.10. The fourth-order valence-electron chi connectivity index (χ4n) is 3.55. The van der Waals surface area contributed by atoms with Crippen LogP contribution in [0, 0.1) is 0 Å². The second-order valence-corrected chi connectivity index (χ2v) is 7.19. The molecule has 0 radical (unpaired) electrons. The van der Waals surface area contributed by atoms with Gasteiger partial charge in [-0.1, -0.05) is 34.1 Å². The highest BCUT2D eigenvalue weighted by atomic mass is 79.9. The topological polar surface area (TPSA) is 58.2 Å². The second-order valence-electron chi connectivity index (χ2n) is 6.34. The molecule has 26 heavy (non-hydrogen) atoms. The molecule has 1 aromatic heterocycles. The highest BCUT2D eigenvalue weighted by Gasteiger charge is 2.42. The third kappa shape index (κ3) is 2.41. The van der Waals surface area contributed by atoms with Gasteiger partial charge in [-0.3, -0.25) is 0 Å². The number of nitrogens with zero attached hydrogens (tertiary/aromatic N) is 2. The minimum absolute atomic E-state index is 0.0549. The predicted molar refractivity (Wildman–Crippen MR) is 100 cm³/mol. The molecule has 0 spiro atoms. The summed E-state index contributed by atoms with van der Waals surface area (Å²) in [4.78, 5) is 0. The Kier molecular flexibility index (Phi) is 3.53. The molecule has 6 heteroatoms. The number of halogens is 1. The number of aromatic hydroxyl groups is 1. The van der Waals surface area contributed by atoms with Crippen LogP contribution in [0.15, 0.2) is 74.9 Å². The van der Waals surface area contributed by atoms with Gasteiger partial charge in [0.25, 0.3) is 0 Å². The van der Waals surface area contributed by atoms with Gasteiger partial charge in [0.1, 0.15) is 23.0 Å². The van der Waals surface area contributed by atoms with Crippen molar-refractivity contribution < 1.29 is 14.3 Å². The smallest absolute Gasteiger partial charge is 0.215 e. The number of fused-ring (bicyclic) bond motifs is 3. The fourth-order valence-corrected chi connectivity index (χ4v) is 3.99. The number of rotatable bonds is 2. The second kappa shape index (κ2) is 5.92. The van der Waals surface area contributed by atoms with Crippen molar-refractivity contribution in [2.45, 2.75) is 18.7 Å². The van der Waals surface area contributed by atoms with Crippen LogP contribution in [-0.2, 0) is 0 Å². The van der Waals surface area contributed by atoms with Crippen molar-refractivity contribution >= 4 is 21.6 Å². The van der Waals surface area contributed by atoms with Crippen molar-refractivity contribution in [2.75, 3.05) is 0 Å². The number of hydrazone groups is 1. The van der Waals surface area contributed by atoms with Gasteiger partial charge in [0, 0.05) is 22.0 Å². The van der Waals surface area contributed by atoms with Gasteiger partial charge in [-0.2, -0.15) is 5.10 Å². The third-order valence-corrected chi connectivity index (χ3v) is 5.47. The van der Waals surface area contributed by atoms with E-state index in [2.05, 4.69) is 22.0 Å². The first-order valence-corrected chi connectivity index (χ1v) is 9.14. The summed E-state index contributed by atoms with van der Waals surface area (Å²) in [6.45, 7) is 0. The Labute approximate surface area is 158 Å². The molecule has 2 aliphatic rings. The summed E-state index contributed by atoms with van der Waals surface area (Å²) in [5.41, 5.74) is 2.82. The van der Waals surface area contributed by atoms with E-state index in [1.807, 2.05) is 41.4 Å². The molecule has 5 rings (SSSR count). The van der Waals surface area contributed by atoms with E-state index in [-0.39, 0.29) is 11.8 Å². The van der Waals surface area contributed by atoms with Gasteiger partial charge in [0.05, 0.1) is 12.3 Å². The third-order valence-electron chi connectivity index (χ3n) is 4.75. The minimum Gasteiger partial charge on any atom is -0.508 e. The van der Waals surface area contributed by atoms with Crippen LogP contribution in [0.5, 0.6) is 11.5 Å². The SMILES string of the molecule is Oc1ccc(Br)c([C@H]2Oc3ccccc3[C@H]3CC(c4ccco4)=NN32)c1. The molecule has 1 N–H and O–H groups in total. The first-order valence-electron chi connectivity index (χ1n) is 8.34. The van der Waals surface area contributed by atoms with E-state index in [9.17, 15) is 5.11 Å². The quantitative estimate of drug-likeness (QED) is 0.646. The average Bonchev–Trinajstić information content (AvgIpc) is 3.32. The summed E-state index contributed by atoms with van der Waals surface area (Å²) in [6.07, 6.45) is 1.95. The summed E-state index contributed by atoms with van der Waals surface area (Å²) < 4.78 is 12.7. The normalized spacial score (nSPS) is 21.0. The monoisotopic (exact) mass is 410 g/mol. The van der Waals surface area contributed by atoms with Crippen molar-refractivity contribution in [3.8, 4) is 11.5 Å². The van der Waals surface area contributed by atoms with E-state index < -0.39 is 6.23 Å². The van der Waals surface area contributed by atoms with Gasteiger partial charge < -0.3 is 14.3 Å². The number of ether oxygens (including phenoxy) is 1. The number of hydrogen-bond acceptors (Lipinski definition) is 5. The van der Waals surface area contributed by atoms with Crippen molar-refractivity contribution in [3.63, 3.8) is 0 Å². The summed E-state index contributed by atoms with van der Waals surface area (Å²) in [5, 5.41) is 16.7. The van der Waals surface area contributed by atoms with E-state index in [0.29, 0.717) is 0 Å². The zero-order valence-electron chi connectivity index (χ0n) is 13.7. The van der Waals surface area contributed by atoms with E-state index >= 15 is 0 Å². The van der Waals surface area contributed by atoms with Crippen molar-refractivity contribution in [1.82, 2.24) is 5.01 Å². The minimum atomic E-state index is -0.441. The lowest BCUT2D eigenvalue weighted by Gasteiger charge is -2.38. The molecule has 2 atom stereocenters. The largest absolute Gasteiger partial charge is 0.508 e. The molecular weight excluding hydrogens is 396 g/mol. The maximum Gasteiger partial charge on any atom is 0.215 e. The van der Waals surface area contributed by atoms with Gasteiger partial charge >= 0.3 is 0 Å². The van der Waals surface area contributed by atoms with Gasteiger partial charge in [-0.05, 0) is 36.4 Å². The predicted octanol–water partition coefficient (Wildman–Crippen LogP) is 4.99. The van der Waals surface area contributed by atoms with Crippen LogP contribution in [-0.4, -0.2) is 15.8 Å². The highest BCUT2D eigenvalue weighted by Crippen LogP contribution is 2.48.